The van der Waals surface area contributed by atoms with Crippen LogP contribution in [0.1, 0.15) is 25.3 Å². The average Bonchev–Trinajstić information content (AvgIpc) is 2.47. The van der Waals surface area contributed by atoms with Gasteiger partial charge in [-0.3, -0.25) is 13.5 Å². The molecule has 122 valence electrons. The van der Waals surface area contributed by atoms with E-state index < -0.39 is 35.6 Å². The van der Waals surface area contributed by atoms with Crippen molar-refractivity contribution in [3.8, 4) is 0 Å². The van der Waals surface area contributed by atoms with Crippen molar-refractivity contribution >= 4 is 24.5 Å². The van der Waals surface area contributed by atoms with E-state index in [9.17, 15) is 17.8 Å². The standard InChI is InChI=1S/C14H19O6PS/c1-4-19-13(15)14(2,21-16)12(10-20-22(3,17)18)11-8-6-5-7-9-11/h5-9,12H,4,10H2,1-3H3. The van der Waals surface area contributed by atoms with Gasteiger partial charge in [-0.15, -0.1) is 0 Å². The third-order valence-electron chi connectivity index (χ3n) is 3.21. The van der Waals surface area contributed by atoms with Gasteiger partial charge < -0.3 is 4.74 Å². The third kappa shape index (κ3) is 4.87. The molecule has 0 fully saturated rings. The summed E-state index contributed by atoms with van der Waals surface area (Å²) in [5.74, 6) is -1.40. The first-order valence-corrected chi connectivity index (χ1v) is 9.28. The fraction of sp³-hybridized carbons (Fsp3) is 0.500. The number of hydrogen-bond acceptors (Lipinski definition) is 6. The van der Waals surface area contributed by atoms with Crippen LogP contribution in [-0.4, -0.2) is 39.0 Å². The van der Waals surface area contributed by atoms with Crippen molar-refractivity contribution in [3.63, 3.8) is 0 Å². The van der Waals surface area contributed by atoms with E-state index >= 15 is 0 Å². The molecule has 1 rings (SSSR count). The lowest BCUT2D eigenvalue weighted by Gasteiger charge is -2.29. The Hall–Kier alpha value is -1.30. The Morgan fingerprint density at radius 2 is 1.91 bits per heavy atom. The molecule has 0 aliphatic carbocycles. The summed E-state index contributed by atoms with van der Waals surface area (Å²) in [6, 6.07) is 8.72. The average molecular weight is 346 g/mol. The normalized spacial score (nSPS) is 16.0. The first-order chi connectivity index (χ1) is 10.2. The second-order valence-electron chi connectivity index (χ2n) is 4.91. The molecule has 0 saturated carbocycles. The molecular formula is C14H19O6PS. The van der Waals surface area contributed by atoms with E-state index in [4.69, 9.17) is 8.92 Å². The quantitative estimate of drug-likeness (QED) is 0.408. The van der Waals surface area contributed by atoms with E-state index in [2.05, 4.69) is 0 Å². The number of rotatable bonds is 8. The molecule has 8 heteroatoms. The number of ether oxygens (including phenoxy) is 1. The van der Waals surface area contributed by atoms with Crippen molar-refractivity contribution in [2.24, 2.45) is 0 Å². The maximum atomic E-state index is 12.2. The third-order valence-corrected chi connectivity index (χ3v) is 4.65. The van der Waals surface area contributed by atoms with Gasteiger partial charge in [0.25, 0.3) is 10.1 Å². The first-order valence-electron chi connectivity index (χ1n) is 6.65. The van der Waals surface area contributed by atoms with Crippen molar-refractivity contribution in [1.82, 2.24) is 0 Å². The molecule has 0 N–H and O–H groups in total. The van der Waals surface area contributed by atoms with Crippen molar-refractivity contribution in [3.05, 3.63) is 35.9 Å². The second kappa shape index (κ2) is 7.81. The molecule has 1 aromatic carbocycles. The number of esters is 1. The first kappa shape index (κ1) is 18.7. The van der Waals surface area contributed by atoms with Crippen molar-refractivity contribution in [2.45, 2.75) is 24.9 Å². The van der Waals surface area contributed by atoms with Crippen LogP contribution in [0.3, 0.4) is 0 Å². The van der Waals surface area contributed by atoms with Crippen LogP contribution in [0.2, 0.25) is 0 Å². The van der Waals surface area contributed by atoms with Gasteiger partial charge in [-0.1, -0.05) is 30.3 Å². The van der Waals surface area contributed by atoms with Gasteiger partial charge in [0.1, 0.15) is 0 Å². The zero-order chi connectivity index (χ0) is 16.8. The predicted molar refractivity (Wildman–Crippen MR) is 82.6 cm³/mol. The van der Waals surface area contributed by atoms with E-state index in [0.717, 1.165) is 6.26 Å². The lowest BCUT2D eigenvalue weighted by Crippen LogP contribution is -2.40. The van der Waals surface area contributed by atoms with Gasteiger partial charge in [0.15, 0.2) is 13.6 Å². The van der Waals surface area contributed by atoms with Crippen LogP contribution in [0.15, 0.2) is 30.3 Å². The van der Waals surface area contributed by atoms with E-state index in [-0.39, 0.29) is 13.2 Å². The molecule has 0 aliphatic heterocycles. The van der Waals surface area contributed by atoms with Gasteiger partial charge in [-0.05, 0) is 19.4 Å². The Bertz CT molecular complexity index is 615. The molecule has 0 spiro atoms. The van der Waals surface area contributed by atoms with Gasteiger partial charge in [-0.25, -0.2) is 0 Å². The molecule has 0 aliphatic rings. The lowest BCUT2D eigenvalue weighted by atomic mass is 9.87. The van der Waals surface area contributed by atoms with Crippen molar-refractivity contribution in [1.29, 1.82) is 0 Å². The lowest BCUT2D eigenvalue weighted by molar-refractivity contribution is -0.146. The summed E-state index contributed by atoms with van der Waals surface area (Å²) >= 11 is 0. The van der Waals surface area contributed by atoms with Gasteiger partial charge in [0.05, 0.1) is 19.5 Å². The SMILES string of the molecule is CCOC(=O)C(C)(P=O)C(COS(C)(=O)=O)c1ccccc1. The van der Waals surface area contributed by atoms with Gasteiger partial charge >= 0.3 is 5.97 Å². The van der Waals surface area contributed by atoms with Crippen LogP contribution >= 0.6 is 8.46 Å². The second-order valence-corrected chi connectivity index (χ2v) is 7.67. The van der Waals surface area contributed by atoms with Crippen LogP contribution in [0.4, 0.5) is 0 Å². The number of carbonyl (C=O) groups is 1. The highest BCUT2D eigenvalue weighted by Crippen LogP contribution is 2.40. The van der Waals surface area contributed by atoms with Crippen molar-refractivity contribution < 1.29 is 26.7 Å². The topological polar surface area (TPSA) is 86.7 Å². The summed E-state index contributed by atoms with van der Waals surface area (Å²) in [6.07, 6.45) is 0.922. The molecule has 0 saturated heterocycles. The molecule has 2 atom stereocenters. The molecule has 0 amide bonds. The van der Waals surface area contributed by atoms with E-state index in [0.29, 0.717) is 5.56 Å². The highest BCUT2D eigenvalue weighted by Gasteiger charge is 2.45. The molecule has 0 heterocycles. The van der Waals surface area contributed by atoms with E-state index in [1.165, 1.54) is 6.92 Å². The highest BCUT2D eigenvalue weighted by molar-refractivity contribution is 7.85. The zero-order valence-electron chi connectivity index (χ0n) is 12.7. The fourth-order valence-electron chi connectivity index (χ4n) is 1.98. The fourth-order valence-corrected chi connectivity index (χ4v) is 2.85. The van der Waals surface area contributed by atoms with Gasteiger partial charge in [0, 0.05) is 5.92 Å². The van der Waals surface area contributed by atoms with Gasteiger partial charge in [-0.2, -0.15) is 8.42 Å². The summed E-state index contributed by atoms with van der Waals surface area (Å²) in [6.45, 7) is 2.94. The Balaban J connectivity index is 3.22. The Kier molecular flexibility index (Phi) is 6.66. The molecule has 2 unspecified atom stereocenters. The van der Waals surface area contributed by atoms with Gasteiger partial charge in [0.2, 0.25) is 0 Å². The largest absolute Gasteiger partial charge is 0.465 e. The number of benzene rings is 1. The van der Waals surface area contributed by atoms with Crippen LogP contribution in [0, 0.1) is 0 Å². The minimum Gasteiger partial charge on any atom is -0.465 e. The number of hydrogen-bond donors (Lipinski definition) is 0. The van der Waals surface area contributed by atoms with E-state index in [1.54, 1.807) is 37.3 Å². The number of carbonyl (C=O) groups excluding carboxylic acids is 1. The Morgan fingerprint density at radius 3 is 2.36 bits per heavy atom. The predicted octanol–water partition coefficient (Wildman–Crippen LogP) is 2.36. The Morgan fingerprint density at radius 1 is 1.32 bits per heavy atom. The molecule has 6 nitrogen and oxygen atoms in total. The zero-order valence-corrected chi connectivity index (χ0v) is 14.4. The minimum absolute atomic E-state index is 0.137. The smallest absolute Gasteiger partial charge is 0.324 e. The Labute approximate surface area is 132 Å². The molecular weight excluding hydrogens is 327 g/mol. The molecule has 22 heavy (non-hydrogen) atoms. The molecule has 0 radical (unpaired) electrons. The summed E-state index contributed by atoms with van der Waals surface area (Å²) < 4.78 is 44.0. The summed E-state index contributed by atoms with van der Waals surface area (Å²) in [4.78, 5) is 12.2. The van der Waals surface area contributed by atoms with Crippen LogP contribution in [0.5, 0.6) is 0 Å². The maximum Gasteiger partial charge on any atom is 0.324 e. The molecule has 1 aromatic rings. The molecule has 0 bridgehead atoms. The van der Waals surface area contributed by atoms with Crippen molar-refractivity contribution in [2.75, 3.05) is 19.5 Å². The summed E-state index contributed by atoms with van der Waals surface area (Å²) in [7, 11) is -4.16. The summed E-state index contributed by atoms with van der Waals surface area (Å²) in [5, 5.41) is -1.44. The molecule has 0 aromatic heterocycles. The maximum absolute atomic E-state index is 12.2. The van der Waals surface area contributed by atoms with Crippen LogP contribution in [-0.2, 0) is 28.4 Å². The highest BCUT2D eigenvalue weighted by atomic mass is 32.2. The van der Waals surface area contributed by atoms with E-state index in [1.807, 2.05) is 0 Å². The van der Waals surface area contributed by atoms with Crippen LogP contribution in [0.25, 0.3) is 0 Å². The summed E-state index contributed by atoms with van der Waals surface area (Å²) in [5.41, 5.74) is 0.644. The monoisotopic (exact) mass is 346 g/mol. The van der Waals surface area contributed by atoms with Crippen LogP contribution < -0.4 is 0 Å². The minimum atomic E-state index is -3.69.